The van der Waals surface area contributed by atoms with Crippen LogP contribution in [0.15, 0.2) is 12.2 Å². The van der Waals surface area contributed by atoms with Crippen LogP contribution in [0, 0.1) is 23.2 Å². The van der Waals surface area contributed by atoms with E-state index in [0.29, 0.717) is 0 Å². The summed E-state index contributed by atoms with van der Waals surface area (Å²) in [7, 11) is 0. The molecule has 8 heteroatoms. The summed E-state index contributed by atoms with van der Waals surface area (Å²) < 4.78 is 16.4. The molecule has 9 unspecified atom stereocenters. The fourth-order valence-corrected chi connectivity index (χ4v) is 5.38. The van der Waals surface area contributed by atoms with Crippen molar-refractivity contribution < 1.29 is 38.8 Å². The van der Waals surface area contributed by atoms with E-state index >= 15 is 0 Å². The van der Waals surface area contributed by atoms with Crippen molar-refractivity contribution in [3.63, 3.8) is 0 Å². The van der Waals surface area contributed by atoms with Gasteiger partial charge in [-0.15, -0.1) is 0 Å². The minimum Gasteiger partial charge on any atom is -0.462 e. The first-order chi connectivity index (χ1) is 12.5. The molecular weight excluding hydrogens is 356 g/mol. The monoisotopic (exact) mass is 382 g/mol. The van der Waals surface area contributed by atoms with Crippen molar-refractivity contribution in [1.29, 1.82) is 0 Å². The van der Waals surface area contributed by atoms with E-state index in [9.17, 15) is 24.6 Å². The molecule has 9 atom stereocenters. The van der Waals surface area contributed by atoms with E-state index in [4.69, 9.17) is 14.2 Å². The molecule has 8 nitrogen and oxygen atoms in total. The molecule has 1 aliphatic heterocycles. The molecule has 3 aliphatic rings. The van der Waals surface area contributed by atoms with Crippen LogP contribution in [0.2, 0.25) is 0 Å². The predicted molar refractivity (Wildman–Crippen MR) is 91.0 cm³/mol. The Hall–Kier alpha value is -1.93. The molecule has 2 N–H and O–H groups in total. The van der Waals surface area contributed by atoms with Gasteiger partial charge in [0.1, 0.15) is 18.3 Å². The van der Waals surface area contributed by atoms with Crippen molar-refractivity contribution in [3.8, 4) is 0 Å². The van der Waals surface area contributed by atoms with E-state index in [-0.39, 0.29) is 12.0 Å². The second kappa shape index (κ2) is 6.60. The molecule has 0 bridgehead atoms. The Labute approximate surface area is 157 Å². The summed E-state index contributed by atoms with van der Waals surface area (Å²) in [5, 5.41) is 21.9. The lowest BCUT2D eigenvalue weighted by Gasteiger charge is -2.43. The lowest BCUT2D eigenvalue weighted by Crippen LogP contribution is -2.51. The second-order valence-electron chi connectivity index (χ2n) is 8.09. The quantitative estimate of drug-likeness (QED) is 0.399. The maximum Gasteiger partial charge on any atom is 0.334 e. The molecule has 0 spiro atoms. The minimum atomic E-state index is -1.09. The van der Waals surface area contributed by atoms with Crippen molar-refractivity contribution in [1.82, 2.24) is 0 Å². The maximum atomic E-state index is 12.1. The standard InChI is InChI=1S/C19H26O8/c1-7-13-16(27-18(7)24)15(23)8(2)14-11(25-9(3)20)6-12(22)19(14,5)17(13)26-10(4)21/h8,11-17,22-23H,1,6H2,2-5H3. The number of hydrogen-bond donors (Lipinski definition) is 2. The molecule has 27 heavy (non-hydrogen) atoms. The third-order valence-corrected chi connectivity index (χ3v) is 6.55. The third kappa shape index (κ3) is 2.86. The van der Waals surface area contributed by atoms with E-state index in [1.807, 2.05) is 0 Å². The molecule has 0 amide bonds. The summed E-state index contributed by atoms with van der Waals surface area (Å²) in [5.74, 6) is -3.53. The van der Waals surface area contributed by atoms with Crippen LogP contribution >= 0.6 is 0 Å². The van der Waals surface area contributed by atoms with Crippen LogP contribution in [0.5, 0.6) is 0 Å². The van der Waals surface area contributed by atoms with E-state index in [1.165, 1.54) is 13.8 Å². The summed E-state index contributed by atoms with van der Waals surface area (Å²) in [5.41, 5.74) is -0.967. The van der Waals surface area contributed by atoms with Gasteiger partial charge >= 0.3 is 17.9 Å². The molecule has 2 saturated carbocycles. The lowest BCUT2D eigenvalue weighted by atomic mass is 9.66. The van der Waals surface area contributed by atoms with Crippen LogP contribution in [0.3, 0.4) is 0 Å². The van der Waals surface area contributed by atoms with Crippen molar-refractivity contribution in [2.24, 2.45) is 23.2 Å². The summed E-state index contributed by atoms with van der Waals surface area (Å²) in [6, 6.07) is 0. The van der Waals surface area contributed by atoms with E-state index in [0.717, 1.165) is 0 Å². The third-order valence-electron chi connectivity index (χ3n) is 6.55. The Morgan fingerprint density at radius 2 is 1.81 bits per heavy atom. The zero-order chi connectivity index (χ0) is 20.3. The number of fused-ring (bicyclic) bond motifs is 2. The molecule has 3 rings (SSSR count). The normalized spacial score (nSPS) is 46.1. The Balaban J connectivity index is 2.15. The fraction of sp³-hybridized carbons (Fsp3) is 0.737. The highest BCUT2D eigenvalue weighted by atomic mass is 16.6. The first-order valence-corrected chi connectivity index (χ1v) is 9.10. The van der Waals surface area contributed by atoms with E-state index in [1.54, 1.807) is 13.8 Å². The number of esters is 3. The largest absolute Gasteiger partial charge is 0.462 e. The summed E-state index contributed by atoms with van der Waals surface area (Å²) in [4.78, 5) is 35.5. The van der Waals surface area contributed by atoms with E-state index in [2.05, 4.69) is 6.58 Å². The van der Waals surface area contributed by atoms with Crippen molar-refractivity contribution in [2.45, 2.75) is 64.6 Å². The molecule has 0 aromatic heterocycles. The Kier molecular flexibility index (Phi) is 4.84. The van der Waals surface area contributed by atoms with Crippen LogP contribution in [-0.4, -0.2) is 58.6 Å². The molecule has 0 aromatic carbocycles. The molecule has 0 aromatic rings. The van der Waals surface area contributed by atoms with Gasteiger partial charge in [-0.3, -0.25) is 9.59 Å². The molecule has 2 aliphatic carbocycles. The van der Waals surface area contributed by atoms with Gasteiger partial charge in [-0.05, 0) is 5.92 Å². The molecule has 1 heterocycles. The zero-order valence-electron chi connectivity index (χ0n) is 15.9. The van der Waals surface area contributed by atoms with Crippen molar-refractivity contribution in [2.75, 3.05) is 0 Å². The predicted octanol–water partition coefficient (Wildman–Crippen LogP) is 0.345. The first kappa shape index (κ1) is 19.8. The van der Waals surface area contributed by atoms with Crippen LogP contribution in [0.1, 0.15) is 34.1 Å². The number of ether oxygens (including phenoxy) is 3. The molecule has 1 saturated heterocycles. The number of rotatable bonds is 2. The highest BCUT2D eigenvalue weighted by molar-refractivity contribution is 5.91. The number of hydrogen-bond acceptors (Lipinski definition) is 8. The van der Waals surface area contributed by atoms with Gasteiger partial charge in [0.05, 0.1) is 18.1 Å². The Morgan fingerprint density at radius 1 is 1.22 bits per heavy atom. The fourth-order valence-electron chi connectivity index (χ4n) is 5.38. The van der Waals surface area contributed by atoms with Crippen LogP contribution < -0.4 is 0 Å². The molecule has 3 fully saturated rings. The molecule has 0 radical (unpaired) electrons. The highest BCUT2D eigenvalue weighted by Crippen LogP contribution is 2.58. The van der Waals surface area contributed by atoms with Gasteiger partial charge in [-0.2, -0.15) is 0 Å². The van der Waals surface area contributed by atoms with Gasteiger partial charge in [0.15, 0.2) is 0 Å². The lowest BCUT2D eigenvalue weighted by molar-refractivity contribution is -0.170. The van der Waals surface area contributed by atoms with Gasteiger partial charge in [-0.1, -0.05) is 20.4 Å². The smallest absolute Gasteiger partial charge is 0.334 e. The van der Waals surface area contributed by atoms with Crippen LogP contribution in [-0.2, 0) is 28.6 Å². The average molecular weight is 382 g/mol. The SMILES string of the molecule is C=C1C(=O)OC2C(O)C(C)C3C(OC(C)=O)CC(O)C3(C)C(OC(C)=O)C12. The second-order valence-corrected chi connectivity index (χ2v) is 8.09. The minimum absolute atomic E-state index is 0.0995. The van der Waals surface area contributed by atoms with Gasteiger partial charge < -0.3 is 24.4 Å². The number of aliphatic hydroxyl groups excluding tert-OH is 2. The van der Waals surface area contributed by atoms with Crippen LogP contribution in [0.4, 0.5) is 0 Å². The topological polar surface area (TPSA) is 119 Å². The number of aliphatic hydroxyl groups is 2. The Morgan fingerprint density at radius 3 is 2.37 bits per heavy atom. The summed E-state index contributed by atoms with van der Waals surface area (Å²) in [6.07, 6.45) is -4.49. The van der Waals surface area contributed by atoms with Gasteiger partial charge in [0.2, 0.25) is 0 Å². The van der Waals surface area contributed by atoms with Gasteiger partial charge in [0.25, 0.3) is 0 Å². The summed E-state index contributed by atoms with van der Waals surface area (Å²) >= 11 is 0. The first-order valence-electron chi connectivity index (χ1n) is 9.10. The van der Waals surface area contributed by atoms with Gasteiger partial charge in [-0.25, -0.2) is 4.79 Å². The van der Waals surface area contributed by atoms with Crippen LogP contribution in [0.25, 0.3) is 0 Å². The van der Waals surface area contributed by atoms with Gasteiger partial charge in [0, 0.05) is 37.2 Å². The maximum absolute atomic E-state index is 12.1. The van der Waals surface area contributed by atoms with E-state index < -0.39 is 71.6 Å². The number of carbonyl (C=O) groups is 3. The highest BCUT2D eigenvalue weighted by Gasteiger charge is 2.68. The van der Waals surface area contributed by atoms with Crippen molar-refractivity contribution >= 4 is 17.9 Å². The summed E-state index contributed by atoms with van der Waals surface area (Å²) in [6.45, 7) is 9.78. The number of carbonyl (C=O) groups excluding carboxylic acids is 3. The Bertz CT molecular complexity index is 687. The molecule has 150 valence electrons. The molecular formula is C19H26O8. The van der Waals surface area contributed by atoms with Crippen molar-refractivity contribution in [3.05, 3.63) is 12.2 Å². The zero-order valence-corrected chi connectivity index (χ0v) is 15.9. The average Bonchev–Trinajstić information content (AvgIpc) is 2.96.